The quantitative estimate of drug-likeness (QED) is 0.684. The van der Waals surface area contributed by atoms with Crippen LogP contribution in [0.25, 0.3) is 0 Å². The van der Waals surface area contributed by atoms with Gasteiger partial charge in [0.15, 0.2) is 0 Å². The largest absolute Gasteiger partial charge is 0.480 e. The molecule has 0 saturated carbocycles. The van der Waals surface area contributed by atoms with Gasteiger partial charge in [0.1, 0.15) is 11.9 Å². The first-order chi connectivity index (χ1) is 7.97. The van der Waals surface area contributed by atoms with Crippen LogP contribution in [0.15, 0.2) is 18.2 Å². The summed E-state index contributed by atoms with van der Waals surface area (Å²) in [5.41, 5.74) is 5.04. The van der Waals surface area contributed by atoms with Crippen LogP contribution >= 0.6 is 0 Å². The van der Waals surface area contributed by atoms with Gasteiger partial charge in [-0.25, -0.2) is 9.18 Å². The number of anilines is 1. The van der Waals surface area contributed by atoms with Crippen LogP contribution in [0.3, 0.4) is 0 Å². The first-order valence-electron chi connectivity index (χ1n) is 5.05. The molecule has 5 nitrogen and oxygen atoms in total. The fourth-order valence-corrected chi connectivity index (χ4v) is 1.31. The molecule has 4 N–H and O–H groups in total. The third-order valence-corrected chi connectivity index (χ3v) is 2.31. The number of hydrogen-bond acceptors (Lipinski definition) is 3. The zero-order valence-corrected chi connectivity index (χ0v) is 9.24. The summed E-state index contributed by atoms with van der Waals surface area (Å²) in [6, 6.07) is 2.79. The summed E-state index contributed by atoms with van der Waals surface area (Å²) < 4.78 is 13.1. The van der Waals surface area contributed by atoms with Crippen LogP contribution < -0.4 is 11.1 Å². The Kier molecular flexibility index (Phi) is 4.03. The minimum absolute atomic E-state index is 0.0651. The van der Waals surface area contributed by atoms with E-state index in [1.54, 1.807) is 6.92 Å². The van der Waals surface area contributed by atoms with E-state index in [1.165, 1.54) is 12.1 Å². The molecule has 0 aromatic heterocycles. The van der Waals surface area contributed by atoms with Gasteiger partial charge in [0.05, 0.1) is 11.3 Å². The van der Waals surface area contributed by atoms with E-state index >= 15 is 0 Å². The minimum atomic E-state index is -1.14. The van der Waals surface area contributed by atoms with Crippen molar-refractivity contribution >= 4 is 17.6 Å². The highest BCUT2D eigenvalue weighted by Crippen LogP contribution is 2.15. The smallest absolute Gasteiger partial charge is 0.326 e. The number of nitrogen functional groups attached to an aromatic ring is 1. The van der Waals surface area contributed by atoms with E-state index in [0.717, 1.165) is 6.07 Å². The van der Waals surface area contributed by atoms with E-state index in [1.807, 2.05) is 0 Å². The van der Waals surface area contributed by atoms with Crippen LogP contribution in [0.5, 0.6) is 0 Å². The van der Waals surface area contributed by atoms with Crippen LogP contribution in [0.2, 0.25) is 0 Å². The lowest BCUT2D eigenvalue weighted by molar-refractivity contribution is -0.139. The maximum atomic E-state index is 13.1. The fourth-order valence-electron chi connectivity index (χ4n) is 1.31. The van der Waals surface area contributed by atoms with Gasteiger partial charge in [-0.2, -0.15) is 0 Å². The molecule has 0 aliphatic heterocycles. The molecule has 92 valence electrons. The van der Waals surface area contributed by atoms with Crippen molar-refractivity contribution < 1.29 is 19.1 Å². The Morgan fingerprint density at radius 2 is 2.18 bits per heavy atom. The number of nitrogens with one attached hydrogen (secondary N) is 1. The predicted molar refractivity (Wildman–Crippen MR) is 60.0 cm³/mol. The number of para-hydroxylation sites is 1. The van der Waals surface area contributed by atoms with Gasteiger partial charge in [-0.1, -0.05) is 13.0 Å². The standard InChI is InChI=1S/C11H13FN2O3/c1-2-8(11(16)17)14-10(15)6-4-3-5-7(12)9(6)13/h3-5,8H,2,13H2,1H3,(H,14,15)(H,16,17)/t8-/m0/s1. The molecule has 0 radical (unpaired) electrons. The number of carbonyl (C=O) groups is 2. The van der Waals surface area contributed by atoms with Crippen molar-refractivity contribution in [3.8, 4) is 0 Å². The zero-order chi connectivity index (χ0) is 13.0. The fraction of sp³-hybridized carbons (Fsp3) is 0.273. The van der Waals surface area contributed by atoms with E-state index in [-0.39, 0.29) is 17.7 Å². The van der Waals surface area contributed by atoms with Crippen molar-refractivity contribution in [3.63, 3.8) is 0 Å². The monoisotopic (exact) mass is 240 g/mol. The maximum absolute atomic E-state index is 13.1. The van der Waals surface area contributed by atoms with Crippen LogP contribution in [0.4, 0.5) is 10.1 Å². The molecule has 0 fully saturated rings. The Labute approximate surface area is 97.4 Å². The minimum Gasteiger partial charge on any atom is -0.480 e. The lowest BCUT2D eigenvalue weighted by Crippen LogP contribution is -2.40. The molecule has 0 aliphatic rings. The number of nitrogens with two attached hydrogens (primary N) is 1. The van der Waals surface area contributed by atoms with Crippen molar-refractivity contribution in [3.05, 3.63) is 29.6 Å². The van der Waals surface area contributed by atoms with Gasteiger partial charge >= 0.3 is 5.97 Å². The van der Waals surface area contributed by atoms with E-state index in [0.29, 0.717) is 0 Å². The van der Waals surface area contributed by atoms with Gasteiger partial charge in [0.25, 0.3) is 5.91 Å². The molecule has 0 bridgehead atoms. The first kappa shape index (κ1) is 13.0. The van der Waals surface area contributed by atoms with Gasteiger partial charge in [-0.05, 0) is 18.6 Å². The summed E-state index contributed by atoms with van der Waals surface area (Å²) in [6.07, 6.45) is 0.232. The van der Waals surface area contributed by atoms with Gasteiger partial charge in [0.2, 0.25) is 0 Å². The molecule has 0 saturated heterocycles. The Hall–Kier alpha value is -2.11. The maximum Gasteiger partial charge on any atom is 0.326 e. The second-order valence-corrected chi connectivity index (χ2v) is 3.47. The number of carbonyl (C=O) groups excluding carboxylic acids is 1. The number of rotatable bonds is 4. The molecule has 1 aromatic carbocycles. The summed E-state index contributed by atoms with van der Waals surface area (Å²) in [6.45, 7) is 1.62. The van der Waals surface area contributed by atoms with E-state index < -0.39 is 23.7 Å². The second-order valence-electron chi connectivity index (χ2n) is 3.47. The molecule has 0 heterocycles. The van der Waals surface area contributed by atoms with Crippen LogP contribution in [-0.4, -0.2) is 23.0 Å². The first-order valence-corrected chi connectivity index (χ1v) is 5.05. The third-order valence-electron chi connectivity index (χ3n) is 2.31. The molecule has 6 heteroatoms. The highest BCUT2D eigenvalue weighted by molar-refractivity contribution is 6.00. The summed E-state index contributed by atoms with van der Waals surface area (Å²) >= 11 is 0. The number of benzene rings is 1. The average Bonchev–Trinajstić information content (AvgIpc) is 2.28. The Morgan fingerprint density at radius 1 is 1.53 bits per heavy atom. The van der Waals surface area contributed by atoms with Gasteiger partial charge in [-0.15, -0.1) is 0 Å². The van der Waals surface area contributed by atoms with Gasteiger partial charge in [0, 0.05) is 0 Å². The van der Waals surface area contributed by atoms with Crippen LogP contribution in [-0.2, 0) is 4.79 Å². The molecular weight excluding hydrogens is 227 g/mol. The number of hydrogen-bond donors (Lipinski definition) is 3. The number of amides is 1. The van der Waals surface area contributed by atoms with Crippen molar-refractivity contribution in [2.24, 2.45) is 0 Å². The van der Waals surface area contributed by atoms with Crippen molar-refractivity contribution in [1.82, 2.24) is 5.32 Å². The molecule has 1 aromatic rings. The van der Waals surface area contributed by atoms with Crippen molar-refractivity contribution in [1.29, 1.82) is 0 Å². The highest BCUT2D eigenvalue weighted by atomic mass is 19.1. The van der Waals surface area contributed by atoms with Gasteiger partial charge in [-0.3, -0.25) is 4.79 Å². The normalized spacial score (nSPS) is 11.9. The Balaban J connectivity index is 2.90. The molecule has 0 unspecified atom stereocenters. The average molecular weight is 240 g/mol. The molecule has 1 amide bonds. The number of carboxylic acid groups (broad SMARTS) is 1. The summed E-state index contributed by atoms with van der Waals surface area (Å²) in [4.78, 5) is 22.4. The molecular formula is C11H13FN2O3. The summed E-state index contributed by atoms with van der Waals surface area (Å²) in [5, 5.41) is 11.0. The number of aliphatic carboxylic acids is 1. The van der Waals surface area contributed by atoms with E-state index in [2.05, 4.69) is 5.32 Å². The molecule has 1 atom stereocenters. The van der Waals surface area contributed by atoms with Crippen molar-refractivity contribution in [2.45, 2.75) is 19.4 Å². The number of carboxylic acids is 1. The predicted octanol–water partition coefficient (Wildman–Crippen LogP) is 1.00. The highest BCUT2D eigenvalue weighted by Gasteiger charge is 2.20. The zero-order valence-electron chi connectivity index (χ0n) is 9.24. The van der Waals surface area contributed by atoms with E-state index in [9.17, 15) is 14.0 Å². The summed E-state index contributed by atoms with van der Waals surface area (Å²) in [7, 11) is 0. The molecule has 17 heavy (non-hydrogen) atoms. The van der Waals surface area contributed by atoms with Gasteiger partial charge < -0.3 is 16.2 Å². The molecule has 1 rings (SSSR count). The summed E-state index contributed by atoms with van der Waals surface area (Å²) in [5.74, 6) is -2.55. The Morgan fingerprint density at radius 3 is 2.71 bits per heavy atom. The topological polar surface area (TPSA) is 92.4 Å². The molecule has 0 spiro atoms. The lowest BCUT2D eigenvalue weighted by atomic mass is 10.1. The molecule has 0 aliphatic carbocycles. The van der Waals surface area contributed by atoms with Crippen LogP contribution in [0.1, 0.15) is 23.7 Å². The van der Waals surface area contributed by atoms with Crippen molar-refractivity contribution in [2.75, 3.05) is 5.73 Å². The Bertz CT molecular complexity index is 448. The van der Waals surface area contributed by atoms with E-state index in [4.69, 9.17) is 10.8 Å². The van der Waals surface area contributed by atoms with Crippen LogP contribution in [0, 0.1) is 5.82 Å². The SMILES string of the molecule is CC[C@H](NC(=O)c1cccc(F)c1N)C(=O)O. The third kappa shape index (κ3) is 2.93. The lowest BCUT2D eigenvalue weighted by Gasteiger charge is -2.13. The number of halogens is 1. The second kappa shape index (κ2) is 5.29.